The smallest absolute Gasteiger partial charge is 0.337 e. The molecule has 1 aromatic carbocycles. The van der Waals surface area contributed by atoms with Crippen LogP contribution in [0.5, 0.6) is 0 Å². The van der Waals surface area contributed by atoms with Gasteiger partial charge in [-0.25, -0.2) is 9.78 Å². The SMILES string of the molecule is NC(=O)c1cccc(Nc2ncc(C(=O)O)cc2Cl)c1. The van der Waals surface area contributed by atoms with E-state index in [4.69, 9.17) is 22.4 Å². The number of rotatable bonds is 4. The molecule has 102 valence electrons. The van der Waals surface area contributed by atoms with Gasteiger partial charge in [-0.1, -0.05) is 17.7 Å². The van der Waals surface area contributed by atoms with Crippen molar-refractivity contribution >= 4 is 35.0 Å². The van der Waals surface area contributed by atoms with Crippen molar-refractivity contribution in [1.29, 1.82) is 0 Å². The lowest BCUT2D eigenvalue weighted by Crippen LogP contribution is -2.11. The average molecular weight is 292 g/mol. The molecule has 7 heteroatoms. The molecule has 1 aromatic heterocycles. The van der Waals surface area contributed by atoms with Crippen molar-refractivity contribution in [3.63, 3.8) is 0 Å². The summed E-state index contributed by atoms with van der Waals surface area (Å²) in [7, 11) is 0. The lowest BCUT2D eigenvalue weighted by Gasteiger charge is -2.08. The molecule has 4 N–H and O–H groups in total. The summed E-state index contributed by atoms with van der Waals surface area (Å²) in [6.07, 6.45) is 1.19. The first kappa shape index (κ1) is 13.8. The zero-order chi connectivity index (χ0) is 14.7. The largest absolute Gasteiger partial charge is 0.478 e. The molecule has 0 spiro atoms. The van der Waals surface area contributed by atoms with E-state index in [9.17, 15) is 9.59 Å². The van der Waals surface area contributed by atoms with Gasteiger partial charge in [0.15, 0.2) is 0 Å². The minimum absolute atomic E-state index is 0.00793. The number of nitrogens with one attached hydrogen (secondary N) is 1. The first-order valence-electron chi connectivity index (χ1n) is 5.53. The highest BCUT2D eigenvalue weighted by Crippen LogP contribution is 2.24. The Morgan fingerprint density at radius 3 is 2.60 bits per heavy atom. The third-order valence-electron chi connectivity index (χ3n) is 2.50. The summed E-state index contributed by atoms with van der Waals surface area (Å²) < 4.78 is 0. The molecule has 2 rings (SSSR count). The van der Waals surface area contributed by atoms with Crippen LogP contribution in [0.2, 0.25) is 5.02 Å². The quantitative estimate of drug-likeness (QED) is 0.801. The van der Waals surface area contributed by atoms with E-state index >= 15 is 0 Å². The van der Waals surface area contributed by atoms with Gasteiger partial charge in [-0.05, 0) is 24.3 Å². The lowest BCUT2D eigenvalue weighted by molar-refractivity contribution is 0.0696. The number of benzene rings is 1. The predicted octanol–water partition coefficient (Wildman–Crippen LogP) is 2.28. The standard InChI is InChI=1S/C13H10ClN3O3/c14-10-5-8(13(19)20)6-16-12(10)17-9-3-1-2-7(4-9)11(15)18/h1-6H,(H2,15,18)(H,16,17)(H,19,20). The van der Waals surface area contributed by atoms with Crippen LogP contribution in [0.25, 0.3) is 0 Å². The molecule has 1 amide bonds. The van der Waals surface area contributed by atoms with Crippen molar-refractivity contribution in [3.05, 3.63) is 52.7 Å². The minimum Gasteiger partial charge on any atom is -0.478 e. The normalized spacial score (nSPS) is 10.1. The first-order valence-corrected chi connectivity index (χ1v) is 5.91. The number of hydrogen-bond donors (Lipinski definition) is 3. The number of carboxylic acid groups (broad SMARTS) is 1. The molecule has 20 heavy (non-hydrogen) atoms. The second-order valence-electron chi connectivity index (χ2n) is 3.93. The Kier molecular flexibility index (Phi) is 3.86. The number of carbonyl (C=O) groups is 2. The van der Waals surface area contributed by atoms with Gasteiger partial charge in [0.05, 0.1) is 10.6 Å². The number of carbonyl (C=O) groups excluding carboxylic acids is 1. The van der Waals surface area contributed by atoms with Crippen LogP contribution in [-0.4, -0.2) is 22.0 Å². The first-order chi connectivity index (χ1) is 9.47. The maximum atomic E-state index is 11.1. The van der Waals surface area contributed by atoms with Crippen molar-refractivity contribution in [3.8, 4) is 0 Å². The fraction of sp³-hybridized carbons (Fsp3) is 0. The van der Waals surface area contributed by atoms with Crippen LogP contribution in [0.1, 0.15) is 20.7 Å². The third kappa shape index (κ3) is 3.04. The summed E-state index contributed by atoms with van der Waals surface area (Å²) >= 11 is 5.95. The number of anilines is 2. The molecule has 0 aliphatic carbocycles. The molecule has 0 aliphatic rings. The van der Waals surface area contributed by atoms with Gasteiger partial charge in [-0.3, -0.25) is 4.79 Å². The Morgan fingerprint density at radius 2 is 2.00 bits per heavy atom. The van der Waals surface area contributed by atoms with E-state index in [-0.39, 0.29) is 10.6 Å². The third-order valence-corrected chi connectivity index (χ3v) is 2.79. The Hall–Kier alpha value is -2.60. The molecule has 0 aliphatic heterocycles. The Labute approximate surface area is 119 Å². The van der Waals surface area contributed by atoms with Gasteiger partial charge >= 0.3 is 5.97 Å². The Bertz CT molecular complexity index is 688. The highest BCUT2D eigenvalue weighted by molar-refractivity contribution is 6.33. The summed E-state index contributed by atoms with van der Waals surface area (Å²) in [5.74, 6) is -1.37. The molecule has 2 aromatic rings. The number of nitrogens with zero attached hydrogens (tertiary/aromatic N) is 1. The summed E-state index contributed by atoms with van der Waals surface area (Å²) in [5.41, 5.74) is 6.09. The zero-order valence-corrected chi connectivity index (χ0v) is 10.9. The van der Waals surface area contributed by atoms with Crippen LogP contribution in [0.4, 0.5) is 11.5 Å². The van der Waals surface area contributed by atoms with Crippen LogP contribution >= 0.6 is 11.6 Å². The van der Waals surface area contributed by atoms with Gasteiger partial charge in [0, 0.05) is 17.4 Å². The zero-order valence-electron chi connectivity index (χ0n) is 10.1. The number of halogens is 1. The Balaban J connectivity index is 2.28. The number of amides is 1. The molecule has 0 fully saturated rings. The minimum atomic E-state index is -1.11. The molecule has 6 nitrogen and oxygen atoms in total. The monoisotopic (exact) mass is 291 g/mol. The lowest BCUT2D eigenvalue weighted by atomic mass is 10.2. The van der Waals surface area contributed by atoms with Gasteiger partial charge in [-0.15, -0.1) is 0 Å². The van der Waals surface area contributed by atoms with Gasteiger partial charge in [0.1, 0.15) is 5.82 Å². The van der Waals surface area contributed by atoms with Gasteiger partial charge < -0.3 is 16.2 Å². The van der Waals surface area contributed by atoms with Crippen molar-refractivity contribution < 1.29 is 14.7 Å². The van der Waals surface area contributed by atoms with E-state index < -0.39 is 11.9 Å². The number of primary amides is 1. The van der Waals surface area contributed by atoms with E-state index in [1.54, 1.807) is 24.3 Å². The molecule has 0 bridgehead atoms. The van der Waals surface area contributed by atoms with Crippen LogP contribution < -0.4 is 11.1 Å². The number of aromatic carboxylic acids is 1. The van der Waals surface area contributed by atoms with E-state index in [1.807, 2.05) is 0 Å². The van der Waals surface area contributed by atoms with E-state index in [1.165, 1.54) is 12.3 Å². The van der Waals surface area contributed by atoms with Crippen LogP contribution in [0.3, 0.4) is 0 Å². The predicted molar refractivity (Wildman–Crippen MR) is 74.4 cm³/mol. The molecular formula is C13H10ClN3O3. The number of carboxylic acids is 1. The van der Waals surface area contributed by atoms with Crippen molar-refractivity contribution in [1.82, 2.24) is 4.98 Å². The molecule has 0 radical (unpaired) electrons. The van der Waals surface area contributed by atoms with Crippen LogP contribution in [0.15, 0.2) is 36.5 Å². The van der Waals surface area contributed by atoms with Crippen LogP contribution in [0, 0.1) is 0 Å². The fourth-order valence-corrected chi connectivity index (χ4v) is 1.75. The maximum absolute atomic E-state index is 11.1. The van der Waals surface area contributed by atoms with E-state index in [0.29, 0.717) is 17.1 Å². The van der Waals surface area contributed by atoms with Crippen molar-refractivity contribution in [2.24, 2.45) is 5.73 Å². The maximum Gasteiger partial charge on any atom is 0.337 e. The number of pyridine rings is 1. The molecule has 1 heterocycles. The molecule has 0 saturated heterocycles. The molecule has 0 saturated carbocycles. The summed E-state index contributed by atoms with van der Waals surface area (Å²) in [6, 6.07) is 7.77. The molecular weight excluding hydrogens is 282 g/mol. The highest BCUT2D eigenvalue weighted by atomic mass is 35.5. The van der Waals surface area contributed by atoms with Crippen LogP contribution in [-0.2, 0) is 0 Å². The second-order valence-corrected chi connectivity index (χ2v) is 4.34. The second kappa shape index (κ2) is 5.58. The fourth-order valence-electron chi connectivity index (χ4n) is 1.53. The summed E-state index contributed by atoms with van der Waals surface area (Å²) in [4.78, 5) is 25.8. The van der Waals surface area contributed by atoms with Crippen molar-refractivity contribution in [2.75, 3.05) is 5.32 Å². The number of aromatic nitrogens is 1. The Morgan fingerprint density at radius 1 is 1.25 bits per heavy atom. The summed E-state index contributed by atoms with van der Waals surface area (Å²) in [6.45, 7) is 0. The topological polar surface area (TPSA) is 105 Å². The van der Waals surface area contributed by atoms with Gasteiger partial charge in [0.25, 0.3) is 0 Å². The number of hydrogen-bond acceptors (Lipinski definition) is 4. The summed E-state index contributed by atoms with van der Waals surface area (Å²) in [5, 5.41) is 11.9. The van der Waals surface area contributed by atoms with E-state index in [2.05, 4.69) is 10.3 Å². The molecule has 0 atom stereocenters. The van der Waals surface area contributed by atoms with Gasteiger partial charge in [-0.2, -0.15) is 0 Å². The molecule has 0 unspecified atom stereocenters. The van der Waals surface area contributed by atoms with Crippen molar-refractivity contribution in [2.45, 2.75) is 0 Å². The van der Waals surface area contributed by atoms with E-state index in [0.717, 1.165) is 0 Å². The highest BCUT2D eigenvalue weighted by Gasteiger charge is 2.09. The van der Waals surface area contributed by atoms with Gasteiger partial charge in [0.2, 0.25) is 5.91 Å². The number of nitrogens with two attached hydrogens (primary N) is 1. The average Bonchev–Trinajstić information content (AvgIpc) is 2.41.